The Labute approximate surface area is 180 Å². The fraction of sp³-hybridized carbons (Fsp3) is 0.333. The number of fused-ring (bicyclic) bond motifs is 1. The number of carbonyl (C=O) groups excluding carboxylic acids is 4. The zero-order chi connectivity index (χ0) is 22.0. The van der Waals surface area contributed by atoms with Gasteiger partial charge in [0.2, 0.25) is 5.91 Å². The Balaban J connectivity index is 1.57. The number of benzene rings is 1. The van der Waals surface area contributed by atoms with Crippen molar-refractivity contribution in [2.45, 2.75) is 26.2 Å². The molecule has 160 valence electrons. The molecule has 0 radical (unpaired) electrons. The van der Waals surface area contributed by atoms with Gasteiger partial charge in [0.1, 0.15) is 18.0 Å². The lowest BCUT2D eigenvalue weighted by Crippen LogP contribution is -2.54. The summed E-state index contributed by atoms with van der Waals surface area (Å²) in [6.45, 7) is 3.36. The zero-order valence-corrected chi connectivity index (χ0v) is 17.4. The minimum atomic E-state index is -0.310. The summed E-state index contributed by atoms with van der Waals surface area (Å²) >= 11 is 0. The molecule has 7 nitrogen and oxygen atoms in total. The molecular formula is C24H24N2O5. The summed E-state index contributed by atoms with van der Waals surface area (Å²) in [4.78, 5) is 53.3. The van der Waals surface area contributed by atoms with Crippen LogP contribution in [-0.4, -0.2) is 59.4 Å². The van der Waals surface area contributed by atoms with Gasteiger partial charge >= 0.3 is 0 Å². The molecule has 0 N–H and O–H groups in total. The van der Waals surface area contributed by atoms with Crippen molar-refractivity contribution in [1.29, 1.82) is 0 Å². The topological polar surface area (TPSA) is 84.0 Å². The number of amides is 2. The first-order chi connectivity index (χ1) is 15.0. The SMILES string of the molecule is CCOc1ccc(CCN2CC(=O)N3CCCC(C4=CC(=O)C=CC4=O)=C3C2=O)cc1. The maximum absolute atomic E-state index is 13.3. The predicted octanol–water partition coefficient (Wildman–Crippen LogP) is 1.98. The molecule has 1 aliphatic carbocycles. The Morgan fingerprint density at radius 1 is 1.03 bits per heavy atom. The normalized spacial score (nSPS) is 19.1. The summed E-state index contributed by atoms with van der Waals surface area (Å²) in [5.41, 5.74) is 2.00. The van der Waals surface area contributed by atoms with Gasteiger partial charge in [-0.05, 0) is 67.7 Å². The zero-order valence-electron chi connectivity index (χ0n) is 17.4. The summed E-state index contributed by atoms with van der Waals surface area (Å²) in [6, 6.07) is 7.67. The van der Waals surface area contributed by atoms with Crippen LogP contribution in [0, 0.1) is 0 Å². The highest BCUT2D eigenvalue weighted by atomic mass is 16.5. The van der Waals surface area contributed by atoms with Gasteiger partial charge < -0.3 is 14.5 Å². The number of rotatable bonds is 6. The lowest BCUT2D eigenvalue weighted by Gasteiger charge is -2.40. The van der Waals surface area contributed by atoms with E-state index in [4.69, 9.17) is 4.74 Å². The second-order valence-corrected chi connectivity index (χ2v) is 7.69. The fourth-order valence-electron chi connectivity index (χ4n) is 4.14. The summed E-state index contributed by atoms with van der Waals surface area (Å²) in [6.07, 6.45) is 5.43. The van der Waals surface area contributed by atoms with Crippen molar-refractivity contribution in [3.05, 3.63) is 64.9 Å². The van der Waals surface area contributed by atoms with Gasteiger partial charge in [0, 0.05) is 18.7 Å². The first kappa shape index (κ1) is 20.8. The summed E-state index contributed by atoms with van der Waals surface area (Å²) < 4.78 is 5.45. The first-order valence-corrected chi connectivity index (χ1v) is 10.5. The molecular weight excluding hydrogens is 396 g/mol. The maximum atomic E-state index is 13.3. The highest BCUT2D eigenvalue weighted by Gasteiger charge is 2.40. The predicted molar refractivity (Wildman–Crippen MR) is 113 cm³/mol. The molecule has 1 aromatic carbocycles. The molecule has 1 saturated heterocycles. The van der Waals surface area contributed by atoms with Crippen LogP contribution in [0.3, 0.4) is 0 Å². The standard InChI is InChI=1S/C24H24N2O5/c1-2-31-18-8-5-16(6-9-18)11-13-25-15-22(29)26-12-3-4-19(23(26)24(25)30)20-14-17(27)7-10-21(20)28/h5-10,14H,2-4,11-13,15H2,1H3. The molecule has 0 saturated carbocycles. The minimum absolute atomic E-state index is 0.0124. The van der Waals surface area contributed by atoms with Crippen molar-refractivity contribution in [3.63, 3.8) is 0 Å². The number of hydrogen-bond donors (Lipinski definition) is 0. The number of carbonyl (C=O) groups is 4. The third kappa shape index (κ3) is 4.21. The van der Waals surface area contributed by atoms with Gasteiger partial charge in [-0.25, -0.2) is 0 Å². The summed E-state index contributed by atoms with van der Waals surface area (Å²) in [5.74, 6) is -0.241. The molecule has 2 amide bonds. The van der Waals surface area contributed by atoms with E-state index in [2.05, 4.69) is 0 Å². The van der Waals surface area contributed by atoms with E-state index in [1.807, 2.05) is 31.2 Å². The van der Waals surface area contributed by atoms with E-state index in [1.165, 1.54) is 28.0 Å². The molecule has 1 aromatic rings. The van der Waals surface area contributed by atoms with Crippen LogP contribution in [0.15, 0.2) is 59.3 Å². The highest BCUT2D eigenvalue weighted by Crippen LogP contribution is 2.33. The van der Waals surface area contributed by atoms with Crippen molar-refractivity contribution >= 4 is 23.4 Å². The lowest BCUT2D eigenvalue weighted by atomic mass is 9.88. The second kappa shape index (κ2) is 8.71. The van der Waals surface area contributed by atoms with E-state index in [1.54, 1.807) is 0 Å². The summed E-state index contributed by atoms with van der Waals surface area (Å²) in [7, 11) is 0. The van der Waals surface area contributed by atoms with Crippen LogP contribution in [0.25, 0.3) is 0 Å². The monoisotopic (exact) mass is 420 g/mol. The largest absolute Gasteiger partial charge is 0.494 e. The van der Waals surface area contributed by atoms with Crippen LogP contribution in [0.5, 0.6) is 5.75 Å². The van der Waals surface area contributed by atoms with E-state index in [0.717, 1.165) is 11.3 Å². The molecule has 2 heterocycles. The molecule has 0 unspecified atom stereocenters. The van der Waals surface area contributed by atoms with Crippen molar-refractivity contribution < 1.29 is 23.9 Å². The number of hydrogen-bond acceptors (Lipinski definition) is 5. The Bertz CT molecular complexity index is 1030. The molecule has 0 aromatic heterocycles. The van der Waals surface area contributed by atoms with Crippen LogP contribution in [0.1, 0.15) is 25.3 Å². The molecule has 2 aliphatic heterocycles. The maximum Gasteiger partial charge on any atom is 0.271 e. The number of nitrogens with zero attached hydrogens (tertiary/aromatic N) is 2. The van der Waals surface area contributed by atoms with Gasteiger partial charge in [-0.2, -0.15) is 0 Å². The quantitative estimate of drug-likeness (QED) is 0.657. The average Bonchev–Trinajstić information content (AvgIpc) is 2.77. The number of ether oxygens (including phenoxy) is 1. The third-order valence-corrected chi connectivity index (χ3v) is 5.66. The third-order valence-electron chi connectivity index (χ3n) is 5.66. The van der Waals surface area contributed by atoms with E-state index < -0.39 is 0 Å². The van der Waals surface area contributed by atoms with Gasteiger partial charge in [-0.1, -0.05) is 12.1 Å². The molecule has 7 heteroatoms. The smallest absolute Gasteiger partial charge is 0.271 e. The second-order valence-electron chi connectivity index (χ2n) is 7.69. The van der Waals surface area contributed by atoms with Crippen LogP contribution >= 0.6 is 0 Å². The highest BCUT2D eigenvalue weighted by molar-refractivity contribution is 6.20. The lowest BCUT2D eigenvalue weighted by molar-refractivity contribution is -0.145. The van der Waals surface area contributed by atoms with Crippen LogP contribution < -0.4 is 4.74 Å². The molecule has 0 bridgehead atoms. The Hall–Kier alpha value is -3.48. The van der Waals surface area contributed by atoms with Crippen LogP contribution in [-0.2, 0) is 25.6 Å². The van der Waals surface area contributed by atoms with Gasteiger partial charge in [0.15, 0.2) is 11.6 Å². The van der Waals surface area contributed by atoms with Crippen LogP contribution in [0.4, 0.5) is 0 Å². The van der Waals surface area contributed by atoms with E-state index in [9.17, 15) is 19.2 Å². The molecule has 0 atom stereocenters. The number of piperazine rings is 1. The van der Waals surface area contributed by atoms with Gasteiger partial charge in [0.05, 0.1) is 6.61 Å². The first-order valence-electron chi connectivity index (χ1n) is 10.5. The molecule has 1 fully saturated rings. The van der Waals surface area contributed by atoms with Crippen molar-refractivity contribution in [3.8, 4) is 5.75 Å². The van der Waals surface area contributed by atoms with Gasteiger partial charge in [0.25, 0.3) is 5.91 Å². The fourth-order valence-corrected chi connectivity index (χ4v) is 4.14. The van der Waals surface area contributed by atoms with Crippen molar-refractivity contribution in [2.75, 3.05) is 26.2 Å². The number of allylic oxidation sites excluding steroid dienone is 5. The Morgan fingerprint density at radius 2 is 1.81 bits per heavy atom. The Kier molecular flexibility index (Phi) is 5.84. The van der Waals surface area contributed by atoms with E-state index in [-0.39, 0.29) is 41.2 Å². The average molecular weight is 420 g/mol. The Morgan fingerprint density at radius 3 is 2.55 bits per heavy atom. The van der Waals surface area contributed by atoms with E-state index in [0.29, 0.717) is 44.5 Å². The minimum Gasteiger partial charge on any atom is -0.494 e. The molecule has 0 spiro atoms. The molecule has 4 rings (SSSR count). The van der Waals surface area contributed by atoms with Crippen molar-refractivity contribution in [1.82, 2.24) is 9.80 Å². The van der Waals surface area contributed by atoms with Crippen molar-refractivity contribution in [2.24, 2.45) is 0 Å². The molecule has 31 heavy (non-hydrogen) atoms. The van der Waals surface area contributed by atoms with Crippen LogP contribution in [0.2, 0.25) is 0 Å². The van der Waals surface area contributed by atoms with E-state index >= 15 is 0 Å². The van der Waals surface area contributed by atoms with Gasteiger partial charge in [-0.3, -0.25) is 19.2 Å². The summed E-state index contributed by atoms with van der Waals surface area (Å²) in [5, 5.41) is 0. The van der Waals surface area contributed by atoms with Gasteiger partial charge in [-0.15, -0.1) is 0 Å². The number of ketones is 2. The molecule has 3 aliphatic rings.